The highest BCUT2D eigenvalue weighted by atomic mass is 16.5. The highest BCUT2D eigenvalue weighted by Crippen LogP contribution is 2.35. The summed E-state index contributed by atoms with van der Waals surface area (Å²) in [4.78, 5) is 4.41. The van der Waals surface area contributed by atoms with Crippen LogP contribution in [0.2, 0.25) is 0 Å². The molecule has 2 aromatic carbocycles. The molecule has 1 heterocycles. The second kappa shape index (κ2) is 8.92. The third-order valence-corrected chi connectivity index (χ3v) is 4.06. The molecule has 0 atom stereocenters. The summed E-state index contributed by atoms with van der Waals surface area (Å²) in [7, 11) is 0. The molecule has 0 saturated heterocycles. The normalized spacial score (nSPS) is 11.2. The Balaban J connectivity index is 2.09. The van der Waals surface area contributed by atoms with Gasteiger partial charge in [0.2, 0.25) is 5.89 Å². The number of nitrogens with zero attached hydrogens (tertiary/aromatic N) is 2. The fourth-order valence-electron chi connectivity index (χ4n) is 2.94. The monoisotopic (exact) mass is 374 g/mol. The Hall–Kier alpha value is -3.52. The van der Waals surface area contributed by atoms with Crippen LogP contribution in [0.25, 0.3) is 22.7 Å². The minimum Gasteiger partial charge on any atom is -0.490 e. The van der Waals surface area contributed by atoms with E-state index in [1.54, 1.807) is 6.08 Å². The Morgan fingerprint density at radius 1 is 1.21 bits per heavy atom. The van der Waals surface area contributed by atoms with Crippen LogP contribution in [0.3, 0.4) is 0 Å². The van der Waals surface area contributed by atoms with Crippen molar-refractivity contribution in [2.24, 2.45) is 0 Å². The van der Waals surface area contributed by atoms with Gasteiger partial charge in [-0.1, -0.05) is 18.2 Å². The molecule has 0 aliphatic rings. The van der Waals surface area contributed by atoms with Gasteiger partial charge in [-0.3, -0.25) is 0 Å². The summed E-state index contributed by atoms with van der Waals surface area (Å²) in [6.07, 6.45) is 4.19. The SMILES string of the molecule is C=CCc1cc(/C=C(\C#N)c2nc3ccccc3o2)cc(OCC)c1OCC. The average molecular weight is 374 g/mol. The fourth-order valence-corrected chi connectivity index (χ4v) is 2.94. The third-order valence-electron chi connectivity index (χ3n) is 4.06. The van der Waals surface area contributed by atoms with Gasteiger partial charge in [-0.25, -0.2) is 4.98 Å². The molecule has 5 heteroatoms. The van der Waals surface area contributed by atoms with Crippen LogP contribution >= 0.6 is 0 Å². The molecule has 0 spiro atoms. The molecule has 0 N–H and O–H groups in total. The van der Waals surface area contributed by atoms with Crippen molar-refractivity contribution in [3.8, 4) is 17.6 Å². The minimum atomic E-state index is 0.292. The lowest BCUT2D eigenvalue weighted by atomic mass is 10.0. The van der Waals surface area contributed by atoms with Crippen molar-refractivity contribution in [3.63, 3.8) is 0 Å². The van der Waals surface area contributed by atoms with Crippen molar-refractivity contribution in [3.05, 3.63) is 66.1 Å². The highest BCUT2D eigenvalue weighted by molar-refractivity contribution is 5.89. The Labute approximate surface area is 164 Å². The summed E-state index contributed by atoms with van der Waals surface area (Å²) < 4.78 is 17.3. The fraction of sp³-hybridized carbons (Fsp3) is 0.217. The van der Waals surface area contributed by atoms with Gasteiger partial charge >= 0.3 is 0 Å². The molecule has 142 valence electrons. The predicted octanol–water partition coefficient (Wildman–Crippen LogP) is 5.42. The van der Waals surface area contributed by atoms with Crippen molar-refractivity contribution in [1.82, 2.24) is 4.98 Å². The summed E-state index contributed by atoms with van der Waals surface area (Å²) in [6, 6.07) is 13.4. The van der Waals surface area contributed by atoms with Crippen LogP contribution in [0, 0.1) is 11.3 Å². The summed E-state index contributed by atoms with van der Waals surface area (Å²) in [5.41, 5.74) is 3.46. The zero-order valence-electron chi connectivity index (χ0n) is 16.1. The lowest BCUT2D eigenvalue weighted by Gasteiger charge is -2.16. The van der Waals surface area contributed by atoms with Gasteiger partial charge in [0.25, 0.3) is 0 Å². The number of hydrogen-bond acceptors (Lipinski definition) is 5. The Morgan fingerprint density at radius 2 is 2.00 bits per heavy atom. The van der Waals surface area contributed by atoms with E-state index < -0.39 is 0 Å². The van der Waals surface area contributed by atoms with E-state index in [2.05, 4.69) is 17.6 Å². The van der Waals surface area contributed by atoms with Crippen molar-refractivity contribution >= 4 is 22.7 Å². The maximum atomic E-state index is 9.66. The maximum absolute atomic E-state index is 9.66. The first-order chi connectivity index (χ1) is 13.7. The zero-order valence-corrected chi connectivity index (χ0v) is 16.1. The van der Waals surface area contributed by atoms with E-state index in [1.165, 1.54) is 0 Å². The van der Waals surface area contributed by atoms with Gasteiger partial charge in [0.15, 0.2) is 17.1 Å². The molecule has 5 nitrogen and oxygen atoms in total. The second-order valence-electron chi connectivity index (χ2n) is 6.02. The summed E-state index contributed by atoms with van der Waals surface area (Å²) in [6.45, 7) is 8.72. The lowest BCUT2D eigenvalue weighted by Crippen LogP contribution is -2.02. The molecule has 0 aliphatic heterocycles. The van der Waals surface area contributed by atoms with Crippen molar-refractivity contribution in [2.45, 2.75) is 20.3 Å². The number of fused-ring (bicyclic) bond motifs is 1. The number of para-hydroxylation sites is 2. The highest BCUT2D eigenvalue weighted by Gasteiger charge is 2.15. The van der Waals surface area contributed by atoms with Crippen molar-refractivity contribution < 1.29 is 13.9 Å². The van der Waals surface area contributed by atoms with E-state index in [0.717, 1.165) is 11.1 Å². The molecule has 0 bridgehead atoms. The van der Waals surface area contributed by atoms with E-state index in [4.69, 9.17) is 13.9 Å². The van der Waals surface area contributed by atoms with Crippen LogP contribution in [0.15, 0.2) is 53.5 Å². The first-order valence-corrected chi connectivity index (χ1v) is 9.21. The molecule has 3 rings (SSSR count). The molecule has 0 fully saturated rings. The molecular formula is C23H22N2O3. The van der Waals surface area contributed by atoms with Crippen LogP contribution in [-0.4, -0.2) is 18.2 Å². The second-order valence-corrected chi connectivity index (χ2v) is 6.02. The molecule has 0 saturated carbocycles. The lowest BCUT2D eigenvalue weighted by molar-refractivity contribution is 0.285. The van der Waals surface area contributed by atoms with Gasteiger partial charge < -0.3 is 13.9 Å². The molecule has 0 aliphatic carbocycles. The number of ether oxygens (including phenoxy) is 2. The first kappa shape index (κ1) is 19.2. The topological polar surface area (TPSA) is 68.3 Å². The van der Waals surface area contributed by atoms with Crippen molar-refractivity contribution in [1.29, 1.82) is 5.26 Å². The Kier molecular flexibility index (Phi) is 6.13. The number of aromatic nitrogens is 1. The van der Waals surface area contributed by atoms with E-state index in [-0.39, 0.29) is 0 Å². The number of oxazole rings is 1. The molecule has 0 unspecified atom stereocenters. The van der Waals surface area contributed by atoms with Gasteiger partial charge in [-0.05, 0) is 56.2 Å². The van der Waals surface area contributed by atoms with Crippen LogP contribution in [0.4, 0.5) is 0 Å². The number of benzene rings is 2. The quantitative estimate of drug-likeness (QED) is 0.389. The molecule has 28 heavy (non-hydrogen) atoms. The Bertz CT molecular complexity index is 1020. The van der Waals surface area contributed by atoms with E-state index in [0.29, 0.717) is 53.7 Å². The van der Waals surface area contributed by atoms with Gasteiger partial charge in [0, 0.05) is 5.56 Å². The van der Waals surface area contributed by atoms with Gasteiger partial charge in [-0.15, -0.1) is 6.58 Å². The van der Waals surface area contributed by atoms with Crippen LogP contribution in [0.5, 0.6) is 11.5 Å². The summed E-state index contributed by atoms with van der Waals surface area (Å²) in [5, 5.41) is 9.66. The minimum absolute atomic E-state index is 0.292. The number of rotatable bonds is 8. The zero-order chi connectivity index (χ0) is 19.9. The standard InChI is InChI=1S/C23H22N2O3/c1-4-9-17-12-16(14-21(26-5-2)22(17)27-6-3)13-18(15-24)23-25-19-10-7-8-11-20(19)28-23/h4,7-8,10-14H,1,5-6,9H2,2-3H3/b18-13+. The van der Waals surface area contributed by atoms with E-state index >= 15 is 0 Å². The van der Waals surface area contributed by atoms with Crippen LogP contribution in [-0.2, 0) is 6.42 Å². The molecule has 3 aromatic rings. The van der Waals surface area contributed by atoms with Gasteiger partial charge in [0.05, 0.1) is 13.2 Å². The first-order valence-electron chi connectivity index (χ1n) is 9.21. The molecule has 0 radical (unpaired) electrons. The largest absolute Gasteiger partial charge is 0.490 e. The van der Waals surface area contributed by atoms with Gasteiger partial charge in [0.1, 0.15) is 17.2 Å². The average Bonchev–Trinajstić information content (AvgIpc) is 3.13. The maximum Gasteiger partial charge on any atom is 0.238 e. The molecule has 1 aromatic heterocycles. The summed E-state index contributed by atoms with van der Waals surface area (Å²) >= 11 is 0. The molecular weight excluding hydrogens is 352 g/mol. The number of nitriles is 1. The third kappa shape index (κ3) is 4.07. The van der Waals surface area contributed by atoms with E-state index in [1.807, 2.05) is 56.3 Å². The van der Waals surface area contributed by atoms with E-state index in [9.17, 15) is 5.26 Å². The summed E-state index contributed by atoms with van der Waals surface area (Å²) in [5.74, 6) is 1.65. The molecule has 0 amide bonds. The van der Waals surface area contributed by atoms with Crippen molar-refractivity contribution in [2.75, 3.05) is 13.2 Å². The van der Waals surface area contributed by atoms with Crippen LogP contribution in [0.1, 0.15) is 30.9 Å². The van der Waals surface area contributed by atoms with Crippen LogP contribution < -0.4 is 9.47 Å². The number of allylic oxidation sites excluding steroid dienone is 2. The van der Waals surface area contributed by atoms with Gasteiger partial charge in [-0.2, -0.15) is 5.26 Å². The Morgan fingerprint density at radius 3 is 2.68 bits per heavy atom. The number of hydrogen-bond donors (Lipinski definition) is 0. The smallest absolute Gasteiger partial charge is 0.238 e. The predicted molar refractivity (Wildman–Crippen MR) is 110 cm³/mol.